The summed E-state index contributed by atoms with van der Waals surface area (Å²) < 4.78 is 14.3. The third kappa shape index (κ3) is 2.77. The van der Waals surface area contributed by atoms with Crippen LogP contribution in [-0.2, 0) is 4.79 Å². The zero-order chi connectivity index (χ0) is 11.6. The van der Waals surface area contributed by atoms with Crippen molar-refractivity contribution in [3.05, 3.63) is 0 Å². The van der Waals surface area contributed by atoms with Crippen LogP contribution in [0.15, 0.2) is 0 Å². The monoisotopic (exact) mass is 215 g/mol. The SMILES string of the molecule is CC(C)C(=O)C1(F)CCN(C(C)C)CC1. The molecule has 2 nitrogen and oxygen atoms in total. The van der Waals surface area contributed by atoms with Crippen molar-refractivity contribution in [2.75, 3.05) is 13.1 Å². The lowest BCUT2D eigenvalue weighted by molar-refractivity contribution is -0.137. The van der Waals surface area contributed by atoms with Gasteiger partial charge in [0.05, 0.1) is 0 Å². The van der Waals surface area contributed by atoms with Gasteiger partial charge in [-0.1, -0.05) is 13.8 Å². The van der Waals surface area contributed by atoms with E-state index in [0.29, 0.717) is 32.0 Å². The summed E-state index contributed by atoms with van der Waals surface area (Å²) in [6, 6.07) is 0.448. The van der Waals surface area contributed by atoms with Crippen LogP contribution in [0.2, 0.25) is 0 Å². The van der Waals surface area contributed by atoms with Gasteiger partial charge in [0, 0.05) is 37.9 Å². The predicted octanol–water partition coefficient (Wildman–Crippen LogP) is 2.42. The van der Waals surface area contributed by atoms with Gasteiger partial charge in [0.25, 0.3) is 0 Å². The first-order valence-electron chi connectivity index (χ1n) is 5.84. The lowest BCUT2D eigenvalue weighted by Crippen LogP contribution is -2.49. The van der Waals surface area contributed by atoms with Crippen LogP contribution in [-0.4, -0.2) is 35.5 Å². The highest BCUT2D eigenvalue weighted by Gasteiger charge is 2.42. The van der Waals surface area contributed by atoms with E-state index >= 15 is 0 Å². The van der Waals surface area contributed by atoms with Gasteiger partial charge in [-0.3, -0.25) is 4.79 Å². The Balaban J connectivity index is 2.58. The molecule has 1 heterocycles. The van der Waals surface area contributed by atoms with E-state index in [1.54, 1.807) is 13.8 Å². The molecule has 0 aromatic heterocycles. The topological polar surface area (TPSA) is 20.3 Å². The standard InChI is InChI=1S/C12H22FNO/c1-9(2)11(15)12(13)5-7-14(8-6-12)10(3)4/h9-10H,5-8H2,1-4H3. The average Bonchev–Trinajstić information content (AvgIpc) is 2.17. The molecule has 1 saturated heterocycles. The second-order valence-electron chi connectivity index (χ2n) is 5.11. The summed E-state index contributed by atoms with van der Waals surface area (Å²) in [5, 5.41) is 0. The number of carbonyl (C=O) groups is 1. The highest BCUT2D eigenvalue weighted by molar-refractivity contribution is 5.88. The van der Waals surface area contributed by atoms with Crippen molar-refractivity contribution in [2.45, 2.75) is 52.2 Å². The van der Waals surface area contributed by atoms with Gasteiger partial charge in [0.15, 0.2) is 11.5 Å². The van der Waals surface area contributed by atoms with E-state index in [9.17, 15) is 9.18 Å². The van der Waals surface area contributed by atoms with E-state index < -0.39 is 5.67 Å². The Morgan fingerprint density at radius 2 is 1.67 bits per heavy atom. The zero-order valence-corrected chi connectivity index (χ0v) is 10.2. The minimum absolute atomic E-state index is 0.194. The summed E-state index contributed by atoms with van der Waals surface area (Å²) in [4.78, 5) is 13.9. The lowest BCUT2D eigenvalue weighted by atomic mass is 9.84. The van der Waals surface area contributed by atoms with Crippen molar-refractivity contribution in [1.82, 2.24) is 4.90 Å². The quantitative estimate of drug-likeness (QED) is 0.720. The van der Waals surface area contributed by atoms with Crippen LogP contribution in [0.1, 0.15) is 40.5 Å². The van der Waals surface area contributed by atoms with Gasteiger partial charge in [-0.05, 0) is 13.8 Å². The Kier molecular flexibility index (Phi) is 3.87. The van der Waals surface area contributed by atoms with E-state index in [4.69, 9.17) is 0 Å². The fourth-order valence-corrected chi connectivity index (χ4v) is 2.16. The van der Waals surface area contributed by atoms with Crippen molar-refractivity contribution in [3.63, 3.8) is 0 Å². The molecular weight excluding hydrogens is 193 g/mol. The number of alkyl halides is 1. The van der Waals surface area contributed by atoms with Gasteiger partial charge >= 0.3 is 0 Å². The minimum atomic E-state index is -1.56. The van der Waals surface area contributed by atoms with E-state index in [-0.39, 0.29) is 11.7 Å². The van der Waals surface area contributed by atoms with Crippen LogP contribution in [0.4, 0.5) is 4.39 Å². The third-order valence-electron chi connectivity index (χ3n) is 3.29. The minimum Gasteiger partial charge on any atom is -0.301 e. The second kappa shape index (κ2) is 4.60. The number of hydrogen-bond donors (Lipinski definition) is 0. The van der Waals surface area contributed by atoms with Gasteiger partial charge < -0.3 is 4.90 Å². The van der Waals surface area contributed by atoms with E-state index in [2.05, 4.69) is 18.7 Å². The summed E-state index contributed by atoms with van der Waals surface area (Å²) >= 11 is 0. The fraction of sp³-hybridized carbons (Fsp3) is 0.917. The van der Waals surface area contributed by atoms with E-state index in [0.717, 1.165) is 0 Å². The van der Waals surface area contributed by atoms with Crippen molar-refractivity contribution < 1.29 is 9.18 Å². The summed E-state index contributed by atoms with van der Waals surface area (Å²) in [6.07, 6.45) is 0.727. The molecule has 0 spiro atoms. The maximum atomic E-state index is 14.3. The molecule has 0 bridgehead atoms. The van der Waals surface area contributed by atoms with E-state index in [1.165, 1.54) is 0 Å². The van der Waals surface area contributed by atoms with Crippen LogP contribution < -0.4 is 0 Å². The van der Waals surface area contributed by atoms with Crippen molar-refractivity contribution >= 4 is 5.78 Å². The molecule has 1 aliphatic heterocycles. The number of hydrogen-bond acceptors (Lipinski definition) is 2. The molecule has 1 aliphatic rings. The number of nitrogens with zero attached hydrogens (tertiary/aromatic N) is 1. The zero-order valence-electron chi connectivity index (χ0n) is 10.2. The van der Waals surface area contributed by atoms with E-state index in [1.807, 2.05) is 0 Å². The van der Waals surface area contributed by atoms with Gasteiger partial charge in [0.2, 0.25) is 0 Å². The van der Waals surface area contributed by atoms with Crippen molar-refractivity contribution in [2.24, 2.45) is 5.92 Å². The maximum Gasteiger partial charge on any atom is 0.172 e. The van der Waals surface area contributed by atoms with Crippen LogP contribution in [0, 0.1) is 5.92 Å². The molecule has 0 aliphatic carbocycles. The molecule has 88 valence electrons. The number of carbonyl (C=O) groups excluding carboxylic acids is 1. The van der Waals surface area contributed by atoms with Crippen molar-refractivity contribution in [3.8, 4) is 0 Å². The Hall–Kier alpha value is -0.440. The molecule has 0 amide bonds. The fourth-order valence-electron chi connectivity index (χ4n) is 2.16. The van der Waals surface area contributed by atoms with Gasteiger partial charge in [0.1, 0.15) is 0 Å². The normalized spacial score (nSPS) is 22.3. The van der Waals surface area contributed by atoms with Gasteiger partial charge in [-0.25, -0.2) is 4.39 Å². The highest BCUT2D eigenvalue weighted by atomic mass is 19.1. The van der Waals surface area contributed by atoms with Crippen LogP contribution in [0.5, 0.6) is 0 Å². The number of ketones is 1. The Bertz CT molecular complexity index is 230. The van der Waals surface area contributed by atoms with Crippen LogP contribution in [0.3, 0.4) is 0 Å². The Morgan fingerprint density at radius 3 is 2.00 bits per heavy atom. The molecule has 1 rings (SSSR count). The first kappa shape index (κ1) is 12.6. The summed E-state index contributed by atoms with van der Waals surface area (Å²) in [5.41, 5.74) is -1.56. The third-order valence-corrected chi connectivity index (χ3v) is 3.29. The molecule has 0 aromatic carbocycles. The summed E-state index contributed by atoms with van der Waals surface area (Å²) in [6.45, 7) is 9.17. The number of rotatable bonds is 3. The first-order chi connectivity index (χ1) is 6.87. The molecule has 0 unspecified atom stereocenters. The lowest BCUT2D eigenvalue weighted by Gasteiger charge is -2.38. The number of halogens is 1. The Morgan fingerprint density at radius 1 is 1.20 bits per heavy atom. The molecule has 0 radical (unpaired) electrons. The first-order valence-corrected chi connectivity index (χ1v) is 5.84. The molecule has 1 fully saturated rings. The smallest absolute Gasteiger partial charge is 0.172 e. The van der Waals surface area contributed by atoms with Gasteiger partial charge in [-0.2, -0.15) is 0 Å². The largest absolute Gasteiger partial charge is 0.301 e. The van der Waals surface area contributed by atoms with Gasteiger partial charge in [-0.15, -0.1) is 0 Å². The predicted molar refractivity (Wildman–Crippen MR) is 59.6 cm³/mol. The molecule has 3 heteroatoms. The second-order valence-corrected chi connectivity index (χ2v) is 5.11. The molecular formula is C12H22FNO. The van der Waals surface area contributed by atoms with Crippen LogP contribution in [0.25, 0.3) is 0 Å². The highest BCUT2D eigenvalue weighted by Crippen LogP contribution is 2.30. The number of likely N-dealkylation sites (tertiary alicyclic amines) is 1. The van der Waals surface area contributed by atoms with Crippen molar-refractivity contribution in [1.29, 1.82) is 0 Å². The molecule has 0 atom stereocenters. The number of piperidine rings is 1. The maximum absolute atomic E-state index is 14.3. The average molecular weight is 215 g/mol. The number of Topliss-reactive ketones (excluding diaryl/α,β-unsaturated/α-hetero) is 1. The molecule has 0 saturated carbocycles. The molecule has 0 N–H and O–H groups in total. The Labute approximate surface area is 91.8 Å². The molecule has 15 heavy (non-hydrogen) atoms. The summed E-state index contributed by atoms with van der Waals surface area (Å²) in [7, 11) is 0. The summed E-state index contributed by atoms with van der Waals surface area (Å²) in [5.74, 6) is -0.411. The molecule has 0 aromatic rings. The van der Waals surface area contributed by atoms with Crippen LogP contribution >= 0.6 is 0 Å².